The van der Waals surface area contributed by atoms with Gasteiger partial charge in [-0.05, 0) is 33.0 Å². The van der Waals surface area contributed by atoms with Crippen LogP contribution in [0.5, 0.6) is 0 Å². The van der Waals surface area contributed by atoms with Gasteiger partial charge >= 0.3 is 5.97 Å². The van der Waals surface area contributed by atoms with Gasteiger partial charge in [-0.2, -0.15) is 0 Å². The number of carboxylic acid groups (broad SMARTS) is 1. The largest absolute Gasteiger partial charge is 0.481 e. The lowest BCUT2D eigenvalue weighted by Crippen LogP contribution is -2.52. The molecule has 1 saturated heterocycles. The summed E-state index contributed by atoms with van der Waals surface area (Å²) in [5, 5.41) is 18.8. The zero-order chi connectivity index (χ0) is 10.8. The molecule has 1 atom stereocenters. The third-order valence-electron chi connectivity index (χ3n) is 3.17. The van der Waals surface area contributed by atoms with Crippen molar-refractivity contribution in [1.82, 2.24) is 4.90 Å². The number of nitrogens with two attached hydrogens (primary N) is 1. The van der Waals surface area contributed by atoms with Crippen molar-refractivity contribution in [3.8, 4) is 0 Å². The second-order valence-corrected chi connectivity index (χ2v) is 4.02. The number of aliphatic hydroxyl groups excluding tert-OH is 1. The van der Waals surface area contributed by atoms with Crippen LogP contribution in [-0.4, -0.2) is 53.9 Å². The monoisotopic (exact) mass is 202 g/mol. The molecule has 0 aromatic carbocycles. The van der Waals surface area contributed by atoms with E-state index < -0.39 is 17.5 Å². The Morgan fingerprint density at radius 3 is 2.43 bits per heavy atom. The Morgan fingerprint density at radius 1 is 1.57 bits per heavy atom. The number of aliphatic carboxylic acids is 1. The van der Waals surface area contributed by atoms with Crippen LogP contribution >= 0.6 is 0 Å². The van der Waals surface area contributed by atoms with Crippen LogP contribution in [0.4, 0.5) is 0 Å². The van der Waals surface area contributed by atoms with Crippen LogP contribution in [0.1, 0.15) is 12.8 Å². The Morgan fingerprint density at radius 2 is 2.07 bits per heavy atom. The third kappa shape index (κ3) is 1.89. The van der Waals surface area contributed by atoms with Crippen molar-refractivity contribution in [2.24, 2.45) is 11.1 Å². The maximum atomic E-state index is 11.1. The Bertz CT molecular complexity index is 212. The molecule has 0 aromatic heterocycles. The van der Waals surface area contributed by atoms with Crippen LogP contribution in [0.25, 0.3) is 0 Å². The average Bonchev–Trinajstić information content (AvgIpc) is 2.18. The van der Waals surface area contributed by atoms with Crippen molar-refractivity contribution in [3.63, 3.8) is 0 Å². The van der Waals surface area contributed by atoms with Crippen LogP contribution in [0.3, 0.4) is 0 Å². The fraction of sp³-hybridized carbons (Fsp3) is 0.889. The van der Waals surface area contributed by atoms with E-state index in [1.54, 1.807) is 0 Å². The molecule has 0 bridgehead atoms. The Balaban J connectivity index is 2.78. The lowest BCUT2D eigenvalue weighted by Gasteiger charge is -2.40. The standard InChI is InChI=1S/C9H18N2O3/c1-11-4-2-9(3-5-11,8(13)14)7(12)6-10/h7,12H,2-6,10H2,1H3,(H,13,14). The number of nitrogens with zero attached hydrogens (tertiary/aromatic N) is 1. The van der Waals surface area contributed by atoms with Crippen LogP contribution in [-0.2, 0) is 4.79 Å². The van der Waals surface area contributed by atoms with Crippen LogP contribution in [0, 0.1) is 5.41 Å². The molecule has 82 valence electrons. The quantitative estimate of drug-likeness (QED) is 0.552. The van der Waals surface area contributed by atoms with Gasteiger partial charge in [0.25, 0.3) is 0 Å². The summed E-state index contributed by atoms with van der Waals surface area (Å²) in [7, 11) is 1.95. The Kier molecular flexibility index (Phi) is 3.47. The minimum atomic E-state index is -1.03. The Hall–Kier alpha value is -0.650. The van der Waals surface area contributed by atoms with Crippen LogP contribution in [0.15, 0.2) is 0 Å². The fourth-order valence-electron chi connectivity index (χ4n) is 1.93. The highest BCUT2D eigenvalue weighted by atomic mass is 16.4. The lowest BCUT2D eigenvalue weighted by molar-refractivity contribution is -0.160. The number of hydrogen-bond donors (Lipinski definition) is 3. The first-order chi connectivity index (χ1) is 6.53. The number of rotatable bonds is 3. The zero-order valence-corrected chi connectivity index (χ0v) is 8.44. The summed E-state index contributed by atoms with van der Waals surface area (Å²) in [4.78, 5) is 13.2. The molecule has 5 nitrogen and oxygen atoms in total. The molecule has 5 heteroatoms. The maximum Gasteiger partial charge on any atom is 0.312 e. The second-order valence-electron chi connectivity index (χ2n) is 4.02. The van der Waals surface area contributed by atoms with Gasteiger partial charge < -0.3 is 20.8 Å². The Labute approximate surface area is 83.5 Å². The average molecular weight is 202 g/mol. The molecule has 4 N–H and O–H groups in total. The number of likely N-dealkylation sites (tertiary alicyclic amines) is 1. The summed E-state index contributed by atoms with van der Waals surface area (Å²) in [6, 6.07) is 0. The fourth-order valence-corrected chi connectivity index (χ4v) is 1.93. The van der Waals surface area contributed by atoms with E-state index in [0.717, 1.165) is 0 Å². The van der Waals surface area contributed by atoms with Gasteiger partial charge in [0.1, 0.15) is 0 Å². The third-order valence-corrected chi connectivity index (χ3v) is 3.17. The molecule has 0 saturated carbocycles. The van der Waals surface area contributed by atoms with Crippen LogP contribution in [0.2, 0.25) is 0 Å². The van der Waals surface area contributed by atoms with Gasteiger partial charge in [-0.25, -0.2) is 0 Å². The molecule has 1 heterocycles. The minimum absolute atomic E-state index is 0.00993. The van der Waals surface area contributed by atoms with Crippen molar-refractivity contribution in [2.75, 3.05) is 26.7 Å². The molecule has 0 aliphatic carbocycles. The van der Waals surface area contributed by atoms with Crippen molar-refractivity contribution >= 4 is 5.97 Å². The SMILES string of the molecule is CN1CCC(C(=O)O)(C(O)CN)CC1. The van der Waals surface area contributed by atoms with E-state index in [2.05, 4.69) is 4.90 Å². The minimum Gasteiger partial charge on any atom is -0.481 e. The smallest absolute Gasteiger partial charge is 0.312 e. The number of carboxylic acids is 1. The van der Waals surface area contributed by atoms with E-state index in [4.69, 9.17) is 10.8 Å². The summed E-state index contributed by atoms with van der Waals surface area (Å²) >= 11 is 0. The van der Waals surface area contributed by atoms with Crippen LogP contribution < -0.4 is 5.73 Å². The first-order valence-electron chi connectivity index (χ1n) is 4.83. The first kappa shape index (κ1) is 11.4. The van der Waals surface area contributed by atoms with Crippen molar-refractivity contribution < 1.29 is 15.0 Å². The molecule has 1 aliphatic heterocycles. The molecular formula is C9H18N2O3. The maximum absolute atomic E-state index is 11.1. The molecule has 0 radical (unpaired) electrons. The predicted octanol–water partition coefficient (Wildman–Crippen LogP) is -0.897. The van der Waals surface area contributed by atoms with E-state index in [9.17, 15) is 9.90 Å². The van der Waals surface area contributed by atoms with E-state index in [-0.39, 0.29) is 6.54 Å². The molecule has 1 aliphatic rings. The topological polar surface area (TPSA) is 86.8 Å². The summed E-state index contributed by atoms with van der Waals surface area (Å²) in [6.45, 7) is 1.41. The van der Waals surface area contributed by atoms with Crippen molar-refractivity contribution in [1.29, 1.82) is 0 Å². The molecule has 1 rings (SSSR count). The molecule has 0 aromatic rings. The van der Waals surface area contributed by atoms with Gasteiger partial charge in [0.05, 0.1) is 11.5 Å². The molecule has 1 unspecified atom stereocenters. The van der Waals surface area contributed by atoms with Gasteiger partial charge in [-0.3, -0.25) is 4.79 Å². The number of hydrogen-bond acceptors (Lipinski definition) is 4. The summed E-state index contributed by atoms with van der Waals surface area (Å²) < 4.78 is 0. The number of piperidine rings is 1. The van der Waals surface area contributed by atoms with Gasteiger partial charge in [0.2, 0.25) is 0 Å². The van der Waals surface area contributed by atoms with Gasteiger partial charge in [0, 0.05) is 6.54 Å². The highest BCUT2D eigenvalue weighted by Gasteiger charge is 2.46. The molecule has 1 fully saturated rings. The second kappa shape index (κ2) is 4.25. The summed E-state index contributed by atoms with van der Waals surface area (Å²) in [6.07, 6.45) is 0.00250. The van der Waals surface area contributed by atoms with Crippen molar-refractivity contribution in [2.45, 2.75) is 18.9 Å². The molecule has 0 amide bonds. The summed E-state index contributed by atoms with van der Waals surface area (Å²) in [5.74, 6) is -0.927. The summed E-state index contributed by atoms with van der Waals surface area (Å²) in [5.41, 5.74) is 4.31. The molecule has 14 heavy (non-hydrogen) atoms. The first-order valence-corrected chi connectivity index (χ1v) is 4.83. The van der Waals surface area contributed by atoms with Gasteiger partial charge in [0.15, 0.2) is 0 Å². The molecular weight excluding hydrogens is 184 g/mol. The van der Waals surface area contributed by atoms with Gasteiger partial charge in [-0.15, -0.1) is 0 Å². The van der Waals surface area contributed by atoms with E-state index in [1.165, 1.54) is 0 Å². The number of carbonyl (C=O) groups is 1. The molecule has 0 spiro atoms. The van der Waals surface area contributed by atoms with E-state index in [0.29, 0.717) is 25.9 Å². The lowest BCUT2D eigenvalue weighted by atomic mass is 9.74. The van der Waals surface area contributed by atoms with Crippen molar-refractivity contribution in [3.05, 3.63) is 0 Å². The highest BCUT2D eigenvalue weighted by Crippen LogP contribution is 2.34. The number of aliphatic hydroxyl groups is 1. The highest BCUT2D eigenvalue weighted by molar-refractivity contribution is 5.75. The normalized spacial score (nSPS) is 24.5. The van der Waals surface area contributed by atoms with E-state index in [1.807, 2.05) is 7.05 Å². The van der Waals surface area contributed by atoms with E-state index >= 15 is 0 Å². The predicted molar refractivity (Wildman–Crippen MR) is 51.9 cm³/mol. The van der Waals surface area contributed by atoms with Gasteiger partial charge in [-0.1, -0.05) is 0 Å². The zero-order valence-electron chi connectivity index (χ0n) is 8.44.